The third-order valence-electron chi connectivity index (χ3n) is 1.43. The van der Waals surface area contributed by atoms with Crippen molar-refractivity contribution in [2.24, 2.45) is 0 Å². The van der Waals surface area contributed by atoms with Crippen LogP contribution in [0.1, 0.15) is 27.7 Å². The van der Waals surface area contributed by atoms with Gasteiger partial charge in [-0.15, -0.1) is 0 Å². The third kappa shape index (κ3) is 9.06. The Balaban J connectivity index is 0.000000281. The molecule has 1 aromatic carbocycles. The summed E-state index contributed by atoms with van der Waals surface area (Å²) in [5, 5.41) is 0. The number of methoxy groups -OCH3 is 1. The monoisotopic (exact) mass is 224 g/mol. The van der Waals surface area contributed by atoms with E-state index in [2.05, 4.69) is 0 Å². The van der Waals surface area contributed by atoms with E-state index in [1.54, 1.807) is 7.11 Å². The molecule has 0 spiro atoms. The lowest BCUT2D eigenvalue weighted by molar-refractivity contribution is -0.151. The molecule has 16 heavy (non-hydrogen) atoms. The zero-order valence-corrected chi connectivity index (χ0v) is 10.6. The summed E-state index contributed by atoms with van der Waals surface area (Å²) in [4.78, 5) is 10.2. The summed E-state index contributed by atoms with van der Waals surface area (Å²) >= 11 is 0. The SMILES string of the molecule is CC(=O)OC(C)(C)C.COc1ccccc1. The molecule has 0 fully saturated rings. The second-order valence-electron chi connectivity index (χ2n) is 4.22. The summed E-state index contributed by atoms with van der Waals surface area (Å²) in [6, 6.07) is 9.68. The highest BCUT2D eigenvalue weighted by Crippen LogP contribution is 2.06. The number of carbonyl (C=O) groups excluding carboxylic acids is 1. The number of hydrogen-bond acceptors (Lipinski definition) is 3. The second kappa shape index (κ2) is 6.88. The minimum atomic E-state index is -0.328. The molecule has 1 aromatic rings. The Bertz CT molecular complexity index is 299. The molecule has 0 unspecified atom stereocenters. The minimum Gasteiger partial charge on any atom is -0.497 e. The highest BCUT2D eigenvalue weighted by atomic mass is 16.6. The van der Waals surface area contributed by atoms with Crippen LogP contribution >= 0.6 is 0 Å². The fourth-order valence-electron chi connectivity index (χ4n) is 0.988. The molecule has 0 aliphatic rings. The number of rotatable bonds is 1. The minimum absolute atomic E-state index is 0.225. The first kappa shape index (κ1) is 14.5. The van der Waals surface area contributed by atoms with Crippen molar-refractivity contribution in [1.82, 2.24) is 0 Å². The number of carbonyl (C=O) groups is 1. The average Bonchev–Trinajstić information content (AvgIpc) is 2.16. The van der Waals surface area contributed by atoms with Gasteiger partial charge in [0.15, 0.2) is 0 Å². The zero-order chi connectivity index (χ0) is 12.6. The second-order valence-corrected chi connectivity index (χ2v) is 4.22. The largest absolute Gasteiger partial charge is 0.497 e. The van der Waals surface area contributed by atoms with Crippen LogP contribution in [0.15, 0.2) is 30.3 Å². The first-order valence-electron chi connectivity index (χ1n) is 5.14. The zero-order valence-electron chi connectivity index (χ0n) is 10.6. The van der Waals surface area contributed by atoms with Crippen molar-refractivity contribution in [3.63, 3.8) is 0 Å². The molecular weight excluding hydrogens is 204 g/mol. The van der Waals surface area contributed by atoms with Crippen LogP contribution in [0.5, 0.6) is 5.75 Å². The van der Waals surface area contributed by atoms with Gasteiger partial charge in [0.1, 0.15) is 11.4 Å². The van der Waals surface area contributed by atoms with E-state index >= 15 is 0 Å². The summed E-state index contributed by atoms with van der Waals surface area (Å²) in [6.07, 6.45) is 0. The van der Waals surface area contributed by atoms with Gasteiger partial charge in [0.25, 0.3) is 0 Å². The number of benzene rings is 1. The maximum atomic E-state index is 10.2. The van der Waals surface area contributed by atoms with Gasteiger partial charge in [0.2, 0.25) is 0 Å². The molecule has 0 bridgehead atoms. The Morgan fingerprint density at radius 2 is 1.62 bits per heavy atom. The van der Waals surface area contributed by atoms with Gasteiger partial charge in [-0.05, 0) is 32.9 Å². The van der Waals surface area contributed by atoms with E-state index in [4.69, 9.17) is 9.47 Å². The third-order valence-corrected chi connectivity index (χ3v) is 1.43. The van der Waals surface area contributed by atoms with Crippen LogP contribution in [-0.4, -0.2) is 18.7 Å². The van der Waals surface area contributed by atoms with E-state index in [0.29, 0.717) is 0 Å². The van der Waals surface area contributed by atoms with Gasteiger partial charge in [0.05, 0.1) is 7.11 Å². The predicted octanol–water partition coefficient (Wildman–Crippen LogP) is 3.04. The Morgan fingerprint density at radius 1 is 1.12 bits per heavy atom. The molecule has 3 nitrogen and oxygen atoms in total. The Kier molecular flexibility index (Phi) is 6.23. The van der Waals surface area contributed by atoms with Gasteiger partial charge < -0.3 is 9.47 Å². The van der Waals surface area contributed by atoms with Crippen molar-refractivity contribution >= 4 is 5.97 Å². The Labute approximate surface area is 97.4 Å². The molecular formula is C13H20O3. The molecule has 0 saturated heterocycles. The molecule has 0 aromatic heterocycles. The van der Waals surface area contributed by atoms with Crippen molar-refractivity contribution in [3.8, 4) is 5.75 Å². The maximum absolute atomic E-state index is 10.2. The molecule has 0 saturated carbocycles. The topological polar surface area (TPSA) is 35.5 Å². The number of esters is 1. The van der Waals surface area contributed by atoms with E-state index in [1.165, 1.54) is 6.92 Å². The van der Waals surface area contributed by atoms with E-state index in [-0.39, 0.29) is 11.6 Å². The number of hydrogen-bond donors (Lipinski definition) is 0. The van der Waals surface area contributed by atoms with Gasteiger partial charge >= 0.3 is 5.97 Å². The van der Waals surface area contributed by atoms with Gasteiger partial charge in [-0.2, -0.15) is 0 Å². The molecule has 0 aliphatic carbocycles. The molecule has 1 rings (SSSR count). The van der Waals surface area contributed by atoms with Gasteiger partial charge in [-0.3, -0.25) is 4.79 Å². The highest BCUT2D eigenvalue weighted by Gasteiger charge is 2.11. The van der Waals surface area contributed by atoms with E-state index in [0.717, 1.165) is 5.75 Å². The Hall–Kier alpha value is -1.51. The standard InChI is InChI=1S/C7H8O.C6H12O2/c1-8-7-5-3-2-4-6-7;1-5(7)8-6(2,3)4/h2-6H,1H3;1-4H3. The summed E-state index contributed by atoms with van der Waals surface area (Å²) < 4.78 is 9.71. The summed E-state index contributed by atoms with van der Waals surface area (Å²) in [6.45, 7) is 6.93. The lowest BCUT2D eigenvalue weighted by Crippen LogP contribution is -2.21. The molecule has 90 valence electrons. The normalized spacial score (nSPS) is 9.81. The van der Waals surface area contributed by atoms with E-state index in [1.807, 2.05) is 51.1 Å². The molecule has 0 atom stereocenters. The van der Waals surface area contributed by atoms with Crippen molar-refractivity contribution < 1.29 is 14.3 Å². The first-order valence-corrected chi connectivity index (χ1v) is 5.14. The fraction of sp³-hybridized carbons (Fsp3) is 0.462. The van der Waals surface area contributed by atoms with Crippen LogP contribution in [0.4, 0.5) is 0 Å². The van der Waals surface area contributed by atoms with Crippen molar-refractivity contribution in [3.05, 3.63) is 30.3 Å². The van der Waals surface area contributed by atoms with Crippen molar-refractivity contribution in [2.45, 2.75) is 33.3 Å². The van der Waals surface area contributed by atoms with Crippen molar-refractivity contribution in [2.75, 3.05) is 7.11 Å². The molecule has 3 heteroatoms. The maximum Gasteiger partial charge on any atom is 0.303 e. The fourth-order valence-corrected chi connectivity index (χ4v) is 0.988. The van der Waals surface area contributed by atoms with E-state index in [9.17, 15) is 4.79 Å². The first-order chi connectivity index (χ1) is 7.35. The quantitative estimate of drug-likeness (QED) is 0.688. The molecule has 0 aliphatic heterocycles. The van der Waals surface area contributed by atoms with Crippen LogP contribution < -0.4 is 4.74 Å². The molecule has 0 radical (unpaired) electrons. The average molecular weight is 224 g/mol. The Morgan fingerprint density at radius 3 is 1.81 bits per heavy atom. The number of ether oxygens (including phenoxy) is 2. The van der Waals surface area contributed by atoms with E-state index < -0.39 is 0 Å². The lowest BCUT2D eigenvalue weighted by Gasteiger charge is -2.17. The van der Waals surface area contributed by atoms with Crippen molar-refractivity contribution in [1.29, 1.82) is 0 Å². The smallest absolute Gasteiger partial charge is 0.303 e. The van der Waals surface area contributed by atoms with Crippen LogP contribution in [0.2, 0.25) is 0 Å². The molecule has 0 heterocycles. The molecule has 0 N–H and O–H groups in total. The van der Waals surface area contributed by atoms with Crippen LogP contribution in [-0.2, 0) is 9.53 Å². The summed E-state index contributed by atoms with van der Waals surface area (Å²) in [5.74, 6) is 0.685. The van der Waals surface area contributed by atoms with Crippen LogP contribution in [0.25, 0.3) is 0 Å². The van der Waals surface area contributed by atoms with Crippen LogP contribution in [0.3, 0.4) is 0 Å². The highest BCUT2D eigenvalue weighted by molar-refractivity contribution is 5.66. The molecule has 0 amide bonds. The van der Waals surface area contributed by atoms with Crippen LogP contribution in [0, 0.1) is 0 Å². The predicted molar refractivity (Wildman–Crippen MR) is 64.5 cm³/mol. The number of para-hydroxylation sites is 1. The van der Waals surface area contributed by atoms with Gasteiger partial charge in [0, 0.05) is 6.92 Å². The van der Waals surface area contributed by atoms with Gasteiger partial charge in [-0.1, -0.05) is 18.2 Å². The summed E-state index contributed by atoms with van der Waals surface area (Å²) in [7, 11) is 1.66. The van der Waals surface area contributed by atoms with Gasteiger partial charge in [-0.25, -0.2) is 0 Å². The summed E-state index contributed by atoms with van der Waals surface area (Å²) in [5.41, 5.74) is -0.328. The lowest BCUT2D eigenvalue weighted by atomic mass is 10.2.